The molecule has 11 heteroatoms. The summed E-state index contributed by atoms with van der Waals surface area (Å²) in [5.74, 6) is -1.92. The van der Waals surface area contributed by atoms with E-state index in [0.717, 1.165) is 59.7 Å². The number of pyridine rings is 1. The van der Waals surface area contributed by atoms with E-state index in [1.165, 1.54) is 5.69 Å². The molecular formula is C25H24F3N5O3. The summed E-state index contributed by atoms with van der Waals surface area (Å²) in [6, 6.07) is 17.0. The number of hydrogen-bond acceptors (Lipinski definition) is 6. The number of anilines is 3. The Balaban J connectivity index is 0.000000384. The molecule has 2 aromatic heterocycles. The number of ether oxygens (including phenoxy) is 1. The molecular weight excluding hydrogens is 475 g/mol. The number of hydrogen-bond donors (Lipinski definition) is 2. The van der Waals surface area contributed by atoms with Crippen molar-refractivity contribution in [3.63, 3.8) is 0 Å². The number of carboxylic acids is 1. The van der Waals surface area contributed by atoms with E-state index in [1.807, 2.05) is 30.3 Å². The van der Waals surface area contributed by atoms with Crippen molar-refractivity contribution in [3.05, 3.63) is 67.1 Å². The first-order valence-corrected chi connectivity index (χ1v) is 11.1. The SMILES string of the molecule is Cn1cc(-c2ccc3cnc(Nc4ccc(N5CCOCC5)cc4)cc3c2)cn1.O=C(O)C(F)(F)F. The average molecular weight is 499 g/mol. The number of alkyl halides is 3. The zero-order chi connectivity index (χ0) is 25.7. The second kappa shape index (κ2) is 10.6. The van der Waals surface area contributed by atoms with Crippen LogP contribution in [0.15, 0.2) is 67.1 Å². The molecule has 188 valence electrons. The summed E-state index contributed by atoms with van der Waals surface area (Å²) in [4.78, 5) is 15.8. The van der Waals surface area contributed by atoms with Crippen molar-refractivity contribution in [2.45, 2.75) is 6.18 Å². The lowest BCUT2D eigenvalue weighted by atomic mass is 10.1. The summed E-state index contributed by atoms with van der Waals surface area (Å²) < 4.78 is 39.0. The van der Waals surface area contributed by atoms with Crippen LogP contribution in [0.25, 0.3) is 21.9 Å². The van der Waals surface area contributed by atoms with E-state index < -0.39 is 12.1 Å². The predicted octanol–water partition coefficient (Wildman–Crippen LogP) is 4.85. The van der Waals surface area contributed by atoms with Gasteiger partial charge in [-0.25, -0.2) is 9.78 Å². The molecule has 1 aliphatic heterocycles. The number of nitrogens with one attached hydrogen (secondary N) is 1. The lowest BCUT2D eigenvalue weighted by molar-refractivity contribution is -0.192. The van der Waals surface area contributed by atoms with E-state index in [-0.39, 0.29) is 0 Å². The van der Waals surface area contributed by atoms with Gasteiger partial charge in [0.15, 0.2) is 0 Å². The third-order valence-corrected chi connectivity index (χ3v) is 5.52. The van der Waals surface area contributed by atoms with E-state index in [1.54, 1.807) is 0 Å². The molecule has 0 aliphatic carbocycles. The lowest BCUT2D eigenvalue weighted by Gasteiger charge is -2.28. The third kappa shape index (κ3) is 6.30. The van der Waals surface area contributed by atoms with Gasteiger partial charge in [-0.1, -0.05) is 12.1 Å². The standard InChI is InChI=1S/C23H23N5O.C2HF3O2/c1-27-16-20(15-25-27)17-2-3-18-14-24-23(13-19(18)12-17)26-21-4-6-22(7-5-21)28-8-10-29-11-9-28;3-2(4,5)1(6)7/h2-7,12-16H,8-11H2,1H3,(H,24,26);(H,6,7). The Kier molecular flexibility index (Phi) is 7.39. The molecule has 8 nitrogen and oxygen atoms in total. The molecule has 0 radical (unpaired) electrons. The minimum absolute atomic E-state index is 0.794. The second-order valence-electron chi connectivity index (χ2n) is 8.11. The number of carboxylic acid groups (broad SMARTS) is 1. The van der Waals surface area contributed by atoms with Gasteiger partial charge in [-0.2, -0.15) is 18.3 Å². The van der Waals surface area contributed by atoms with Gasteiger partial charge in [-0.3, -0.25) is 4.68 Å². The first-order valence-electron chi connectivity index (χ1n) is 11.1. The fourth-order valence-corrected chi connectivity index (χ4v) is 3.68. The van der Waals surface area contributed by atoms with Gasteiger partial charge >= 0.3 is 12.1 Å². The van der Waals surface area contributed by atoms with Gasteiger partial charge in [0.1, 0.15) is 5.82 Å². The number of aryl methyl sites for hydroxylation is 1. The van der Waals surface area contributed by atoms with E-state index in [9.17, 15) is 13.2 Å². The molecule has 0 bridgehead atoms. The quantitative estimate of drug-likeness (QED) is 0.415. The monoisotopic (exact) mass is 499 g/mol. The molecule has 36 heavy (non-hydrogen) atoms. The smallest absolute Gasteiger partial charge is 0.475 e. The predicted molar refractivity (Wildman–Crippen MR) is 130 cm³/mol. The van der Waals surface area contributed by atoms with Gasteiger partial charge in [-0.05, 0) is 47.3 Å². The summed E-state index contributed by atoms with van der Waals surface area (Å²) in [5.41, 5.74) is 4.51. The van der Waals surface area contributed by atoms with Gasteiger partial charge in [0.05, 0.1) is 19.4 Å². The number of nitrogens with zero attached hydrogens (tertiary/aromatic N) is 4. The fourth-order valence-electron chi connectivity index (χ4n) is 3.68. The molecule has 1 fully saturated rings. The van der Waals surface area contributed by atoms with Crippen molar-refractivity contribution >= 4 is 33.9 Å². The van der Waals surface area contributed by atoms with Crippen LogP contribution in [-0.2, 0) is 16.6 Å². The highest BCUT2D eigenvalue weighted by Gasteiger charge is 2.38. The third-order valence-electron chi connectivity index (χ3n) is 5.52. The maximum absolute atomic E-state index is 10.6. The van der Waals surface area contributed by atoms with Gasteiger partial charge in [-0.15, -0.1) is 0 Å². The van der Waals surface area contributed by atoms with Crippen LogP contribution in [-0.4, -0.2) is 58.3 Å². The van der Waals surface area contributed by atoms with Crippen LogP contribution < -0.4 is 10.2 Å². The van der Waals surface area contributed by atoms with Crippen LogP contribution >= 0.6 is 0 Å². The highest BCUT2D eigenvalue weighted by Crippen LogP contribution is 2.27. The van der Waals surface area contributed by atoms with Gasteiger partial charge < -0.3 is 20.1 Å². The Hall–Kier alpha value is -4.12. The number of aromatic nitrogens is 3. The van der Waals surface area contributed by atoms with Crippen LogP contribution in [0.2, 0.25) is 0 Å². The Morgan fingerprint density at radius 1 is 1.00 bits per heavy atom. The maximum Gasteiger partial charge on any atom is 0.490 e. The summed E-state index contributed by atoms with van der Waals surface area (Å²) in [5, 5.41) is 17.1. The van der Waals surface area contributed by atoms with Crippen molar-refractivity contribution < 1.29 is 27.8 Å². The first kappa shape index (κ1) is 25.0. The molecule has 1 saturated heterocycles. The van der Waals surface area contributed by atoms with Gasteiger partial charge in [0.25, 0.3) is 0 Å². The molecule has 0 saturated carbocycles. The fraction of sp³-hybridized carbons (Fsp3) is 0.240. The Labute approximate surface area is 204 Å². The van der Waals surface area contributed by atoms with Crippen LogP contribution in [0.5, 0.6) is 0 Å². The lowest BCUT2D eigenvalue weighted by Crippen LogP contribution is -2.36. The minimum atomic E-state index is -5.08. The van der Waals surface area contributed by atoms with Crippen LogP contribution in [0.1, 0.15) is 0 Å². The zero-order valence-electron chi connectivity index (χ0n) is 19.4. The van der Waals surface area contributed by atoms with E-state index in [4.69, 9.17) is 14.6 Å². The molecule has 3 heterocycles. The molecule has 0 amide bonds. The van der Waals surface area contributed by atoms with Gasteiger partial charge in [0.2, 0.25) is 0 Å². The molecule has 1 aliphatic rings. The topological polar surface area (TPSA) is 92.5 Å². The Bertz CT molecular complexity index is 1330. The number of carbonyl (C=O) groups is 1. The number of fused-ring (bicyclic) bond motifs is 1. The molecule has 2 N–H and O–H groups in total. The minimum Gasteiger partial charge on any atom is -0.475 e. The summed E-state index contributed by atoms with van der Waals surface area (Å²) in [6.45, 7) is 3.47. The van der Waals surface area contributed by atoms with Gasteiger partial charge in [0, 0.05) is 54.9 Å². The van der Waals surface area contributed by atoms with Crippen molar-refractivity contribution in [1.82, 2.24) is 14.8 Å². The Morgan fingerprint density at radius 2 is 1.69 bits per heavy atom. The molecule has 0 spiro atoms. The summed E-state index contributed by atoms with van der Waals surface area (Å²) in [7, 11) is 1.93. The summed E-state index contributed by atoms with van der Waals surface area (Å²) in [6.07, 6.45) is 0.738. The van der Waals surface area contributed by atoms with Crippen LogP contribution in [0.4, 0.5) is 30.4 Å². The number of aliphatic carboxylic acids is 1. The van der Waals surface area contributed by atoms with E-state index in [2.05, 4.69) is 68.8 Å². The Morgan fingerprint density at radius 3 is 2.31 bits per heavy atom. The second-order valence-corrected chi connectivity index (χ2v) is 8.11. The van der Waals surface area contributed by atoms with E-state index in [0.29, 0.717) is 0 Å². The average Bonchev–Trinajstić information content (AvgIpc) is 3.31. The van der Waals surface area contributed by atoms with Crippen molar-refractivity contribution in [3.8, 4) is 11.1 Å². The zero-order valence-corrected chi connectivity index (χ0v) is 19.4. The van der Waals surface area contributed by atoms with Crippen LogP contribution in [0, 0.1) is 0 Å². The highest BCUT2D eigenvalue weighted by molar-refractivity contribution is 5.88. The number of halogens is 3. The maximum atomic E-state index is 10.6. The molecule has 2 aromatic carbocycles. The molecule has 4 aromatic rings. The van der Waals surface area contributed by atoms with E-state index >= 15 is 0 Å². The molecule has 5 rings (SSSR count). The first-order chi connectivity index (χ1) is 17.2. The highest BCUT2D eigenvalue weighted by atomic mass is 19.4. The number of benzene rings is 2. The number of rotatable bonds is 4. The van der Waals surface area contributed by atoms with Crippen molar-refractivity contribution in [1.29, 1.82) is 0 Å². The molecule has 0 unspecified atom stereocenters. The number of morpholine rings is 1. The van der Waals surface area contributed by atoms with Crippen molar-refractivity contribution in [2.24, 2.45) is 7.05 Å². The normalized spacial score (nSPS) is 13.7. The molecule has 0 atom stereocenters. The summed E-state index contributed by atoms with van der Waals surface area (Å²) >= 11 is 0. The largest absolute Gasteiger partial charge is 0.490 e. The van der Waals surface area contributed by atoms with Crippen LogP contribution in [0.3, 0.4) is 0 Å². The van der Waals surface area contributed by atoms with Crippen molar-refractivity contribution in [2.75, 3.05) is 36.5 Å².